The molecule has 2 amide bonds. The largest absolute Gasteiger partial charge is 0.388 e. The number of hydrazine groups is 3. The number of hydrogen-bond donors (Lipinski definition) is 6. The van der Waals surface area contributed by atoms with Crippen molar-refractivity contribution in [1.82, 2.24) is 31.7 Å². The Bertz CT molecular complexity index is 2320. The lowest BCUT2D eigenvalue weighted by molar-refractivity contribution is 0.0846. The van der Waals surface area contributed by atoms with Crippen molar-refractivity contribution in [2.24, 2.45) is 0 Å². The summed E-state index contributed by atoms with van der Waals surface area (Å²) in [5.41, 5.74) is 16.5. The lowest BCUT2D eigenvalue weighted by Gasteiger charge is -2.07. The summed E-state index contributed by atoms with van der Waals surface area (Å²) in [6.07, 6.45) is 0. The number of benzene rings is 6. The zero-order chi connectivity index (χ0) is 46.4. The average Bonchev–Trinajstić information content (AvgIpc) is 3.28. The van der Waals surface area contributed by atoms with Crippen LogP contribution in [-0.2, 0) is 53.3 Å². The third-order valence-electron chi connectivity index (χ3n) is 8.21. The van der Waals surface area contributed by atoms with E-state index >= 15 is 0 Å². The third kappa shape index (κ3) is 18.9. The van der Waals surface area contributed by atoms with E-state index in [9.17, 15) is 26.4 Å². The molecule has 0 heterocycles. The molecule has 0 radical (unpaired) electrons. The van der Waals surface area contributed by atoms with Crippen LogP contribution in [0.1, 0.15) is 54.1 Å². The van der Waals surface area contributed by atoms with Crippen LogP contribution in [-0.4, -0.2) is 28.6 Å². The van der Waals surface area contributed by atoms with Gasteiger partial charge in [0.05, 0.1) is 9.79 Å². The highest BCUT2D eigenvalue weighted by Crippen LogP contribution is 2.14. The first kappa shape index (κ1) is 50.9. The molecule has 20 heteroatoms. The molecule has 6 aromatic carbocycles. The second kappa shape index (κ2) is 26.8. The first-order chi connectivity index (χ1) is 30.6. The minimum atomic E-state index is -1.87. The van der Waals surface area contributed by atoms with Gasteiger partial charge in [-0.1, -0.05) is 106 Å². The van der Waals surface area contributed by atoms with Crippen molar-refractivity contribution in [3.63, 3.8) is 0 Å². The number of amides is 2. The molecule has 0 aliphatic heterocycles. The predicted molar refractivity (Wildman–Crippen MR) is 247 cm³/mol. The van der Waals surface area contributed by atoms with E-state index in [-0.39, 0.29) is 11.8 Å². The minimum absolute atomic E-state index is 0.342. The van der Waals surface area contributed by atoms with Crippen LogP contribution >= 0.6 is 0 Å². The summed E-state index contributed by atoms with van der Waals surface area (Å²) in [5, 5.41) is 0. The Morgan fingerprint density at radius 1 is 0.375 bits per heavy atom. The fourth-order valence-corrected chi connectivity index (χ4v) is 6.77. The SMILES string of the molecule is Cc1ccc(C(=O)NNC(=O)c2ccc(C)cc2)cc1.Cc1ccc(OS(=O)NNOS(=O)c2ccc(C)cc2)cc1.Cc1ccc(OS(=O)NNOS(=O)c2ccc(C)cc2)cc1. The Hall–Kier alpha value is -5.78. The van der Waals surface area contributed by atoms with Crippen LogP contribution in [0.5, 0.6) is 11.5 Å². The smallest absolute Gasteiger partial charge is 0.304 e. The number of hydrogen-bond acceptors (Lipinski definition) is 12. The third-order valence-corrected chi connectivity index (χ3v) is 11.2. The summed E-state index contributed by atoms with van der Waals surface area (Å²) in [6, 6.07) is 42.4. The molecule has 0 saturated heterocycles. The van der Waals surface area contributed by atoms with Crippen molar-refractivity contribution in [3.05, 3.63) is 190 Å². The van der Waals surface area contributed by atoms with Crippen molar-refractivity contribution in [2.45, 2.75) is 51.3 Å². The van der Waals surface area contributed by atoms with E-state index < -0.39 is 44.7 Å². The monoisotopic (exact) mass is 948 g/mol. The van der Waals surface area contributed by atoms with Crippen molar-refractivity contribution in [2.75, 3.05) is 0 Å². The minimum Gasteiger partial charge on any atom is -0.388 e. The second-order valence-corrected chi connectivity index (χ2v) is 17.5. The predicted octanol–water partition coefficient (Wildman–Crippen LogP) is 6.40. The molecule has 0 bridgehead atoms. The Kier molecular flexibility index (Phi) is 21.3. The van der Waals surface area contributed by atoms with E-state index in [2.05, 4.69) is 31.7 Å². The molecule has 4 atom stereocenters. The highest BCUT2D eigenvalue weighted by Gasteiger charge is 2.10. The number of carbonyl (C=O) groups excluding carboxylic acids is 2. The Labute approximate surface area is 382 Å². The number of rotatable bonds is 16. The standard InChI is InChI=1S/C16H16N2O2.2C14H16N2O4S2/c1-11-3-7-13(8-4-11)15(19)17-18-16(20)14-9-5-12(2)6-10-14;2*1-11-3-7-13(8-4-11)19-22(18)16-15-20-21(17)14-9-5-12(2)6-10-14/h3-10H,1-2H3,(H,17,19)(H,18,20);2*3-10,15-16H,1-2H3. The Morgan fingerprint density at radius 3 is 0.906 bits per heavy atom. The van der Waals surface area contributed by atoms with Crippen LogP contribution in [0.15, 0.2) is 155 Å². The van der Waals surface area contributed by atoms with Crippen LogP contribution in [0.2, 0.25) is 0 Å². The van der Waals surface area contributed by atoms with Crippen molar-refractivity contribution in [1.29, 1.82) is 0 Å². The zero-order valence-corrected chi connectivity index (χ0v) is 38.8. The zero-order valence-electron chi connectivity index (χ0n) is 35.6. The molecule has 6 rings (SSSR count). The van der Waals surface area contributed by atoms with Crippen molar-refractivity contribution < 1.29 is 43.4 Å². The summed E-state index contributed by atoms with van der Waals surface area (Å²) >= 11 is -7.19. The van der Waals surface area contributed by atoms with E-state index in [0.717, 1.165) is 33.4 Å². The maximum absolute atomic E-state index is 11.8. The van der Waals surface area contributed by atoms with Gasteiger partial charge < -0.3 is 8.37 Å². The molecule has 0 saturated carbocycles. The van der Waals surface area contributed by atoms with Crippen LogP contribution < -0.4 is 40.1 Å². The molecule has 0 fully saturated rings. The van der Waals surface area contributed by atoms with Crippen LogP contribution in [0.25, 0.3) is 0 Å². The van der Waals surface area contributed by atoms with E-state index in [1.807, 2.05) is 114 Å². The molecule has 4 unspecified atom stereocenters. The first-order valence-electron chi connectivity index (χ1n) is 19.1. The molecule has 0 aliphatic rings. The van der Waals surface area contributed by atoms with Gasteiger partial charge in [0.15, 0.2) is 0 Å². The quantitative estimate of drug-likeness (QED) is 0.0583. The maximum atomic E-state index is 11.8. The summed E-state index contributed by atoms with van der Waals surface area (Å²) < 4.78 is 66.6. The summed E-state index contributed by atoms with van der Waals surface area (Å²) in [6.45, 7) is 11.6. The summed E-state index contributed by atoms with van der Waals surface area (Å²) in [4.78, 5) is 29.1. The number of carbonyl (C=O) groups is 2. The molecule has 338 valence electrons. The van der Waals surface area contributed by atoms with Crippen molar-refractivity contribution >= 4 is 56.5 Å². The van der Waals surface area contributed by atoms with Crippen LogP contribution in [0.4, 0.5) is 0 Å². The molecule has 6 aromatic rings. The van der Waals surface area contributed by atoms with Crippen LogP contribution in [0.3, 0.4) is 0 Å². The molecule has 6 N–H and O–H groups in total. The number of aryl methyl sites for hydroxylation is 6. The maximum Gasteiger partial charge on any atom is 0.304 e. The number of nitrogens with one attached hydrogen (secondary N) is 6. The molecular weight excluding hydrogens is 901 g/mol. The van der Waals surface area contributed by atoms with Gasteiger partial charge in [0, 0.05) is 11.1 Å². The lowest BCUT2D eigenvalue weighted by Crippen LogP contribution is -2.41. The van der Waals surface area contributed by atoms with Gasteiger partial charge in [-0.25, -0.2) is 8.42 Å². The highest BCUT2D eigenvalue weighted by atomic mass is 32.2. The molecule has 64 heavy (non-hydrogen) atoms. The lowest BCUT2D eigenvalue weighted by atomic mass is 10.1. The van der Waals surface area contributed by atoms with E-state index in [0.29, 0.717) is 32.4 Å². The van der Waals surface area contributed by atoms with E-state index in [1.165, 1.54) is 0 Å². The molecule has 0 aromatic heterocycles. The highest BCUT2D eigenvalue weighted by molar-refractivity contribution is 7.80. The summed E-state index contributed by atoms with van der Waals surface area (Å²) in [7, 11) is 0. The fourth-order valence-electron chi connectivity index (χ4n) is 4.64. The fraction of sp³-hybridized carbons (Fsp3) is 0.136. The average molecular weight is 949 g/mol. The Morgan fingerprint density at radius 2 is 0.625 bits per heavy atom. The second-order valence-electron chi connectivity index (χ2n) is 13.6. The van der Waals surface area contributed by atoms with Gasteiger partial charge in [-0.05, 0) is 114 Å². The van der Waals surface area contributed by atoms with Gasteiger partial charge >= 0.3 is 22.5 Å². The molecular formula is C44H48N6O10S4. The van der Waals surface area contributed by atoms with Gasteiger partial charge in [0.25, 0.3) is 11.8 Å². The summed E-state index contributed by atoms with van der Waals surface area (Å²) in [5.74, 6) is 0.201. The topological polar surface area (TPSA) is 212 Å². The normalized spacial score (nSPS) is 12.4. The van der Waals surface area contributed by atoms with Gasteiger partial charge in [-0.2, -0.15) is 17.0 Å². The van der Waals surface area contributed by atoms with E-state index in [4.69, 9.17) is 16.9 Å². The molecule has 0 aliphatic carbocycles. The van der Waals surface area contributed by atoms with Crippen molar-refractivity contribution in [3.8, 4) is 11.5 Å². The van der Waals surface area contributed by atoms with Crippen LogP contribution in [0, 0.1) is 41.5 Å². The van der Waals surface area contributed by atoms with E-state index in [1.54, 1.807) is 72.8 Å². The first-order valence-corrected chi connectivity index (χ1v) is 23.4. The molecule has 0 spiro atoms. The van der Waals surface area contributed by atoms with Gasteiger partial charge in [-0.3, -0.25) is 20.4 Å². The van der Waals surface area contributed by atoms with Gasteiger partial charge in [-0.15, -0.1) is 20.8 Å². The van der Waals surface area contributed by atoms with Gasteiger partial charge in [0.2, 0.25) is 22.2 Å². The van der Waals surface area contributed by atoms with Gasteiger partial charge in [0.1, 0.15) is 11.5 Å². The Balaban J connectivity index is 0.000000211. The molecule has 16 nitrogen and oxygen atoms in total.